The number of benzene rings is 1. The lowest BCUT2D eigenvalue weighted by atomic mass is 10.2. The van der Waals surface area contributed by atoms with Crippen molar-refractivity contribution in [3.8, 4) is 5.75 Å². The Balaban J connectivity index is 2.11. The number of methoxy groups -OCH3 is 1. The normalized spacial score (nSPS) is 10.2. The summed E-state index contributed by atoms with van der Waals surface area (Å²) in [5, 5.41) is 10.5. The van der Waals surface area contributed by atoms with Crippen molar-refractivity contribution in [3.63, 3.8) is 0 Å². The van der Waals surface area contributed by atoms with Crippen molar-refractivity contribution in [3.05, 3.63) is 52.5 Å². The van der Waals surface area contributed by atoms with Crippen LogP contribution in [0.15, 0.2) is 36.8 Å². The molecule has 6 nitrogen and oxygen atoms in total. The summed E-state index contributed by atoms with van der Waals surface area (Å²) in [4.78, 5) is 13.6. The molecule has 17 heavy (non-hydrogen) atoms. The molecule has 0 radical (unpaired) electrons. The molecule has 0 saturated carbocycles. The number of hydrogen-bond acceptors (Lipinski definition) is 4. The number of rotatable bonds is 4. The number of ether oxygens (including phenoxy) is 1. The standard InChI is InChI=1S/C11H11N3O3/c1-17-10-4-2-9(3-5-10)6-13-7-11(12-8-13)14(15)16/h2-5,7-8H,6H2,1H3. The number of nitro groups is 1. The topological polar surface area (TPSA) is 70.2 Å². The van der Waals surface area contributed by atoms with Gasteiger partial charge in [-0.15, -0.1) is 0 Å². The third-order valence-electron chi connectivity index (χ3n) is 2.33. The van der Waals surface area contributed by atoms with E-state index in [2.05, 4.69) is 4.98 Å². The van der Waals surface area contributed by atoms with Gasteiger partial charge in [-0.05, 0) is 27.6 Å². The van der Waals surface area contributed by atoms with Crippen molar-refractivity contribution < 1.29 is 9.66 Å². The van der Waals surface area contributed by atoms with Gasteiger partial charge in [0.1, 0.15) is 11.9 Å². The Kier molecular flexibility index (Phi) is 3.04. The molecule has 1 aromatic heterocycles. The van der Waals surface area contributed by atoms with Crippen LogP contribution in [0, 0.1) is 10.1 Å². The molecule has 2 aromatic rings. The molecule has 0 N–H and O–H groups in total. The highest BCUT2D eigenvalue weighted by Gasteiger charge is 2.09. The summed E-state index contributed by atoms with van der Waals surface area (Å²) in [7, 11) is 1.61. The van der Waals surface area contributed by atoms with Crippen molar-refractivity contribution in [2.75, 3.05) is 7.11 Å². The van der Waals surface area contributed by atoms with Crippen LogP contribution in [0.2, 0.25) is 0 Å². The Labute approximate surface area is 97.6 Å². The maximum absolute atomic E-state index is 10.5. The fraction of sp³-hybridized carbons (Fsp3) is 0.182. The van der Waals surface area contributed by atoms with Crippen LogP contribution < -0.4 is 4.74 Å². The Morgan fingerprint density at radius 3 is 2.65 bits per heavy atom. The molecule has 2 rings (SSSR count). The predicted molar refractivity (Wildman–Crippen MR) is 61.0 cm³/mol. The number of aromatic nitrogens is 2. The SMILES string of the molecule is COc1ccc(Cn2cnc([N+](=O)[O-])c2)cc1. The Bertz CT molecular complexity index is 519. The van der Waals surface area contributed by atoms with Gasteiger partial charge in [0.2, 0.25) is 6.33 Å². The van der Waals surface area contributed by atoms with Gasteiger partial charge in [-0.25, -0.2) is 0 Å². The zero-order valence-electron chi connectivity index (χ0n) is 9.24. The fourth-order valence-electron chi connectivity index (χ4n) is 1.47. The molecule has 0 amide bonds. The summed E-state index contributed by atoms with van der Waals surface area (Å²) >= 11 is 0. The van der Waals surface area contributed by atoms with E-state index in [0.717, 1.165) is 11.3 Å². The average molecular weight is 233 g/mol. The molecule has 1 aromatic carbocycles. The van der Waals surface area contributed by atoms with Crippen LogP contribution >= 0.6 is 0 Å². The molecule has 0 saturated heterocycles. The van der Waals surface area contributed by atoms with E-state index >= 15 is 0 Å². The molecule has 0 unspecified atom stereocenters. The first-order chi connectivity index (χ1) is 8.19. The summed E-state index contributed by atoms with van der Waals surface area (Å²) < 4.78 is 6.71. The van der Waals surface area contributed by atoms with Gasteiger partial charge in [0, 0.05) is 0 Å². The van der Waals surface area contributed by atoms with E-state index in [9.17, 15) is 10.1 Å². The lowest BCUT2D eigenvalue weighted by Crippen LogP contribution is -1.96. The highest BCUT2D eigenvalue weighted by molar-refractivity contribution is 5.27. The average Bonchev–Trinajstić information content (AvgIpc) is 2.79. The van der Waals surface area contributed by atoms with Gasteiger partial charge in [0.05, 0.1) is 13.7 Å². The van der Waals surface area contributed by atoms with Gasteiger partial charge >= 0.3 is 5.82 Å². The first-order valence-corrected chi connectivity index (χ1v) is 4.98. The van der Waals surface area contributed by atoms with E-state index in [1.165, 1.54) is 12.5 Å². The lowest BCUT2D eigenvalue weighted by Gasteiger charge is -2.03. The van der Waals surface area contributed by atoms with Crippen molar-refractivity contribution in [2.45, 2.75) is 6.54 Å². The smallest absolute Gasteiger partial charge is 0.381 e. The third-order valence-corrected chi connectivity index (χ3v) is 2.33. The minimum absolute atomic E-state index is 0.140. The molecule has 0 atom stereocenters. The molecule has 88 valence electrons. The van der Waals surface area contributed by atoms with Crippen molar-refractivity contribution in [1.29, 1.82) is 0 Å². The number of nitrogens with zero attached hydrogens (tertiary/aromatic N) is 3. The second-order valence-corrected chi connectivity index (χ2v) is 3.51. The lowest BCUT2D eigenvalue weighted by molar-refractivity contribution is -0.389. The van der Waals surface area contributed by atoms with Gasteiger partial charge in [-0.1, -0.05) is 12.1 Å². The van der Waals surface area contributed by atoms with E-state index in [1.807, 2.05) is 24.3 Å². The second kappa shape index (κ2) is 4.65. The van der Waals surface area contributed by atoms with E-state index in [4.69, 9.17) is 4.74 Å². The Morgan fingerprint density at radius 2 is 2.12 bits per heavy atom. The summed E-state index contributed by atoms with van der Waals surface area (Å²) in [6.07, 6.45) is 2.85. The van der Waals surface area contributed by atoms with Gasteiger partial charge in [0.25, 0.3) is 0 Å². The van der Waals surface area contributed by atoms with E-state index in [-0.39, 0.29) is 5.82 Å². The first kappa shape index (κ1) is 11.1. The van der Waals surface area contributed by atoms with Gasteiger partial charge in [-0.2, -0.15) is 0 Å². The summed E-state index contributed by atoms with van der Waals surface area (Å²) in [6.45, 7) is 0.546. The molecule has 6 heteroatoms. The van der Waals surface area contributed by atoms with Gasteiger partial charge < -0.3 is 19.4 Å². The van der Waals surface area contributed by atoms with Crippen LogP contribution in [-0.2, 0) is 6.54 Å². The molecule has 0 aliphatic carbocycles. The third kappa shape index (κ3) is 2.60. The molecule has 0 fully saturated rings. The van der Waals surface area contributed by atoms with E-state index in [1.54, 1.807) is 11.7 Å². The fourth-order valence-corrected chi connectivity index (χ4v) is 1.47. The molecular weight excluding hydrogens is 222 g/mol. The molecule has 0 aliphatic rings. The van der Waals surface area contributed by atoms with Gasteiger partial charge in [0.15, 0.2) is 0 Å². The largest absolute Gasteiger partial charge is 0.497 e. The summed E-state index contributed by atoms with van der Waals surface area (Å²) in [6, 6.07) is 7.51. The monoisotopic (exact) mass is 233 g/mol. The molecule has 1 heterocycles. The molecular formula is C11H11N3O3. The van der Waals surface area contributed by atoms with Gasteiger partial charge in [-0.3, -0.25) is 0 Å². The van der Waals surface area contributed by atoms with Crippen LogP contribution in [0.1, 0.15) is 5.56 Å². The molecule has 0 bridgehead atoms. The van der Waals surface area contributed by atoms with E-state index in [0.29, 0.717) is 6.54 Å². The minimum atomic E-state index is -0.509. The van der Waals surface area contributed by atoms with Crippen LogP contribution in [0.4, 0.5) is 5.82 Å². The first-order valence-electron chi connectivity index (χ1n) is 4.98. The molecule has 0 spiro atoms. The summed E-state index contributed by atoms with van der Waals surface area (Å²) in [5.74, 6) is 0.642. The van der Waals surface area contributed by atoms with E-state index < -0.39 is 4.92 Å². The highest BCUT2D eigenvalue weighted by atomic mass is 16.6. The minimum Gasteiger partial charge on any atom is -0.497 e. The zero-order valence-corrected chi connectivity index (χ0v) is 9.24. The number of imidazole rings is 1. The van der Waals surface area contributed by atoms with Crippen LogP contribution in [0.3, 0.4) is 0 Å². The highest BCUT2D eigenvalue weighted by Crippen LogP contribution is 2.13. The summed E-state index contributed by atoms with van der Waals surface area (Å²) in [5.41, 5.74) is 1.03. The quantitative estimate of drug-likeness (QED) is 0.596. The van der Waals surface area contributed by atoms with Crippen LogP contribution in [-0.4, -0.2) is 21.6 Å². The Hall–Kier alpha value is -2.37. The number of hydrogen-bond donors (Lipinski definition) is 0. The van der Waals surface area contributed by atoms with Crippen LogP contribution in [0.5, 0.6) is 5.75 Å². The zero-order chi connectivity index (χ0) is 12.3. The second-order valence-electron chi connectivity index (χ2n) is 3.51. The Morgan fingerprint density at radius 1 is 1.41 bits per heavy atom. The maximum Gasteiger partial charge on any atom is 0.381 e. The van der Waals surface area contributed by atoms with Crippen molar-refractivity contribution in [1.82, 2.24) is 9.55 Å². The van der Waals surface area contributed by atoms with Crippen molar-refractivity contribution in [2.24, 2.45) is 0 Å². The molecule has 0 aliphatic heterocycles. The van der Waals surface area contributed by atoms with Crippen LogP contribution in [0.25, 0.3) is 0 Å². The van der Waals surface area contributed by atoms with Crippen molar-refractivity contribution >= 4 is 5.82 Å². The predicted octanol–water partition coefficient (Wildman–Crippen LogP) is 1.85. The maximum atomic E-state index is 10.5.